The van der Waals surface area contributed by atoms with Crippen molar-refractivity contribution in [3.63, 3.8) is 0 Å². The zero-order chi connectivity index (χ0) is 22.8. The van der Waals surface area contributed by atoms with Gasteiger partial charge in [-0.2, -0.15) is 4.39 Å². The third-order valence-corrected chi connectivity index (χ3v) is 6.37. The molecule has 2 aliphatic rings. The highest BCUT2D eigenvalue weighted by molar-refractivity contribution is 5.90. The first kappa shape index (κ1) is 21.2. The topological polar surface area (TPSA) is 80.2 Å². The average Bonchev–Trinajstić information content (AvgIpc) is 3.15. The van der Waals surface area contributed by atoms with E-state index in [2.05, 4.69) is 20.5 Å². The number of rotatable bonds is 5. The van der Waals surface area contributed by atoms with Crippen molar-refractivity contribution in [3.05, 3.63) is 66.5 Å². The van der Waals surface area contributed by atoms with Crippen molar-refractivity contribution in [1.82, 2.24) is 15.2 Å². The number of hydrogen-bond acceptors (Lipinski definition) is 6. The summed E-state index contributed by atoms with van der Waals surface area (Å²) < 4.78 is 33.2. The molecule has 33 heavy (non-hydrogen) atoms. The van der Waals surface area contributed by atoms with Gasteiger partial charge in [0, 0.05) is 18.3 Å². The molecule has 3 aromatic rings. The minimum atomic E-state index is -0.672. The van der Waals surface area contributed by atoms with Crippen molar-refractivity contribution in [3.8, 4) is 11.3 Å². The molecule has 9 heteroatoms. The van der Waals surface area contributed by atoms with E-state index in [9.17, 15) is 13.6 Å². The number of nitrogens with one attached hydrogen (secondary N) is 1. The van der Waals surface area contributed by atoms with Crippen LogP contribution in [-0.2, 0) is 4.74 Å². The van der Waals surface area contributed by atoms with Crippen LogP contribution in [0, 0.1) is 17.7 Å². The Morgan fingerprint density at radius 1 is 1.09 bits per heavy atom. The minimum absolute atomic E-state index is 0.156. The molecule has 3 heterocycles. The molecule has 0 bridgehead atoms. The quantitative estimate of drug-likeness (QED) is 0.561. The first-order chi connectivity index (χ1) is 16.0. The molecule has 0 atom stereocenters. The van der Waals surface area contributed by atoms with Gasteiger partial charge in [-0.05, 0) is 68.0 Å². The number of carbonyl (C=O) groups excluding carboxylic acids is 1. The lowest BCUT2D eigenvalue weighted by Gasteiger charge is -2.35. The van der Waals surface area contributed by atoms with Crippen LogP contribution in [0.2, 0.25) is 0 Å². The van der Waals surface area contributed by atoms with Crippen LogP contribution in [0.4, 0.5) is 25.1 Å². The van der Waals surface area contributed by atoms with Crippen molar-refractivity contribution < 1.29 is 18.3 Å². The van der Waals surface area contributed by atoms with Crippen LogP contribution in [0.25, 0.3) is 11.3 Å². The van der Waals surface area contributed by atoms with Gasteiger partial charge < -0.3 is 10.1 Å². The van der Waals surface area contributed by atoms with Gasteiger partial charge >= 0.3 is 6.09 Å². The molecule has 1 saturated carbocycles. The summed E-state index contributed by atoms with van der Waals surface area (Å²) in [4.78, 5) is 17.4. The third kappa shape index (κ3) is 4.48. The zero-order valence-electron chi connectivity index (χ0n) is 17.9. The normalized spacial score (nSPS) is 22.4. The van der Waals surface area contributed by atoms with E-state index < -0.39 is 17.6 Å². The molecule has 1 aromatic carbocycles. The molecule has 1 N–H and O–H groups in total. The second kappa shape index (κ2) is 8.73. The Labute approximate surface area is 189 Å². The highest BCUT2D eigenvalue weighted by Crippen LogP contribution is 2.41. The van der Waals surface area contributed by atoms with E-state index in [0.717, 1.165) is 19.4 Å². The summed E-state index contributed by atoms with van der Waals surface area (Å²) in [5.41, 5.74) is 0.862. The third-order valence-electron chi connectivity index (χ3n) is 6.37. The van der Waals surface area contributed by atoms with Gasteiger partial charge in [0.05, 0.1) is 12.2 Å². The summed E-state index contributed by atoms with van der Waals surface area (Å²) in [5.74, 6) is 0.0614. The molecule has 5 rings (SSSR count). The number of carbonyl (C=O) groups is 1. The number of pyridine rings is 1. The maximum absolute atomic E-state index is 14.0. The van der Waals surface area contributed by atoms with E-state index in [4.69, 9.17) is 4.74 Å². The first-order valence-electron chi connectivity index (χ1n) is 11.0. The summed E-state index contributed by atoms with van der Waals surface area (Å²) in [6.45, 7) is 1.06. The van der Waals surface area contributed by atoms with E-state index in [-0.39, 0.29) is 11.5 Å². The molecule has 2 fully saturated rings. The molecule has 7 nitrogen and oxygen atoms in total. The number of amides is 1. The van der Waals surface area contributed by atoms with Gasteiger partial charge in [-0.15, -0.1) is 10.2 Å². The fraction of sp³-hybridized carbons (Fsp3) is 0.333. The van der Waals surface area contributed by atoms with E-state index in [0.29, 0.717) is 42.4 Å². The summed E-state index contributed by atoms with van der Waals surface area (Å²) >= 11 is 0. The molecule has 170 valence electrons. The Kier molecular flexibility index (Phi) is 5.62. The largest absolute Gasteiger partial charge is 0.441 e. The van der Waals surface area contributed by atoms with Crippen molar-refractivity contribution in [1.29, 1.82) is 0 Å². The van der Waals surface area contributed by atoms with Crippen LogP contribution in [0.15, 0.2) is 54.7 Å². The number of hydrogen-bond donors (Lipinski definition) is 1. The monoisotopic (exact) mass is 451 g/mol. The smallest absolute Gasteiger partial charge is 0.415 e. The summed E-state index contributed by atoms with van der Waals surface area (Å²) in [5, 5.41) is 11.7. The predicted octanol–water partition coefficient (Wildman–Crippen LogP) is 4.81. The number of aromatic nitrogens is 3. The zero-order valence-corrected chi connectivity index (χ0v) is 17.9. The lowest BCUT2D eigenvalue weighted by atomic mass is 9.78. The van der Waals surface area contributed by atoms with Crippen LogP contribution in [0.1, 0.15) is 25.7 Å². The Morgan fingerprint density at radius 3 is 2.67 bits per heavy atom. The summed E-state index contributed by atoms with van der Waals surface area (Å²) in [6.07, 6.45) is 4.01. The SMILES string of the molecule is O=C1OC2(CCC(CNc3ccc(-c4cccc(F)c4)nn3)CC2)CN1c1cccnc1F. The number of anilines is 2. The lowest BCUT2D eigenvalue weighted by Crippen LogP contribution is -2.39. The van der Waals surface area contributed by atoms with Crippen LogP contribution in [0.5, 0.6) is 0 Å². The number of halogens is 2. The Hall–Kier alpha value is -3.62. The van der Waals surface area contributed by atoms with Crippen LogP contribution in [0.3, 0.4) is 0 Å². The first-order valence-corrected chi connectivity index (χ1v) is 11.0. The van der Waals surface area contributed by atoms with Gasteiger partial charge in [-0.1, -0.05) is 12.1 Å². The molecule has 1 aliphatic heterocycles. The van der Waals surface area contributed by atoms with Gasteiger partial charge in [0.2, 0.25) is 5.95 Å². The maximum atomic E-state index is 14.0. The van der Waals surface area contributed by atoms with Gasteiger partial charge in [0.25, 0.3) is 0 Å². The summed E-state index contributed by atoms with van der Waals surface area (Å²) in [7, 11) is 0. The number of ether oxygens (including phenoxy) is 1. The molecule has 1 spiro atoms. The van der Waals surface area contributed by atoms with E-state index in [1.54, 1.807) is 24.3 Å². The summed E-state index contributed by atoms with van der Waals surface area (Å²) in [6, 6.07) is 13.0. The Balaban J connectivity index is 1.15. The van der Waals surface area contributed by atoms with Crippen LogP contribution in [-0.4, -0.2) is 40.0 Å². The lowest BCUT2D eigenvalue weighted by molar-refractivity contribution is 0.0148. The highest BCUT2D eigenvalue weighted by Gasteiger charge is 2.48. The minimum Gasteiger partial charge on any atom is -0.441 e. The molecule has 0 radical (unpaired) electrons. The molecule has 2 aromatic heterocycles. The fourth-order valence-electron chi connectivity index (χ4n) is 4.53. The molecule has 1 aliphatic carbocycles. The maximum Gasteiger partial charge on any atom is 0.415 e. The fourth-order valence-corrected chi connectivity index (χ4v) is 4.53. The van der Waals surface area contributed by atoms with Crippen molar-refractivity contribution in [2.45, 2.75) is 31.3 Å². The highest BCUT2D eigenvalue weighted by atomic mass is 19.1. The number of benzene rings is 1. The van der Waals surface area contributed by atoms with Gasteiger partial charge in [-0.25, -0.2) is 14.2 Å². The van der Waals surface area contributed by atoms with E-state index in [1.807, 2.05) is 12.1 Å². The van der Waals surface area contributed by atoms with Crippen molar-refractivity contribution in [2.75, 3.05) is 23.3 Å². The molecular weight excluding hydrogens is 428 g/mol. The molecule has 0 unspecified atom stereocenters. The second-order valence-corrected chi connectivity index (χ2v) is 8.59. The van der Waals surface area contributed by atoms with Crippen molar-refractivity contribution >= 4 is 17.6 Å². The number of nitrogens with zero attached hydrogens (tertiary/aromatic N) is 4. The molecule has 1 saturated heterocycles. The van der Waals surface area contributed by atoms with Gasteiger partial charge in [0.15, 0.2) is 0 Å². The van der Waals surface area contributed by atoms with Crippen LogP contribution < -0.4 is 10.2 Å². The van der Waals surface area contributed by atoms with Gasteiger partial charge in [-0.3, -0.25) is 4.90 Å². The van der Waals surface area contributed by atoms with Crippen LogP contribution >= 0.6 is 0 Å². The molecule has 1 amide bonds. The predicted molar refractivity (Wildman–Crippen MR) is 119 cm³/mol. The van der Waals surface area contributed by atoms with E-state index in [1.165, 1.54) is 23.2 Å². The average molecular weight is 451 g/mol. The van der Waals surface area contributed by atoms with Crippen molar-refractivity contribution in [2.24, 2.45) is 5.92 Å². The Morgan fingerprint density at radius 2 is 1.94 bits per heavy atom. The Bertz CT molecular complexity index is 1150. The van der Waals surface area contributed by atoms with E-state index >= 15 is 0 Å². The van der Waals surface area contributed by atoms with Gasteiger partial charge in [0.1, 0.15) is 22.9 Å². The molecular formula is C24H23F2N5O2. The standard InChI is InChI=1S/C24H23F2N5O2/c25-18-4-1-3-17(13-18)19-6-7-21(30-29-19)28-14-16-8-10-24(11-9-16)15-31(23(32)33-24)20-5-2-12-27-22(20)26/h1-7,12-13,16H,8-11,14-15H2,(H,28,30). The second-order valence-electron chi connectivity index (χ2n) is 8.59.